The van der Waals surface area contributed by atoms with Crippen molar-refractivity contribution >= 4 is 11.6 Å². The fourth-order valence-electron chi connectivity index (χ4n) is 3.70. The number of nitrogens with one attached hydrogen (secondary N) is 1. The second-order valence-electron chi connectivity index (χ2n) is 6.26. The van der Waals surface area contributed by atoms with E-state index in [-0.39, 0.29) is 5.41 Å². The number of rotatable bonds is 4. The van der Waals surface area contributed by atoms with Crippen molar-refractivity contribution in [3.05, 3.63) is 29.8 Å². The molecule has 2 unspecified atom stereocenters. The van der Waals surface area contributed by atoms with Gasteiger partial charge < -0.3 is 15.8 Å². The predicted molar refractivity (Wildman–Crippen MR) is 86.6 cm³/mol. The van der Waals surface area contributed by atoms with Gasteiger partial charge in [0, 0.05) is 18.2 Å². The number of aliphatic imine (C=N–C) groups is 1. The highest BCUT2D eigenvalue weighted by Crippen LogP contribution is 2.58. The van der Waals surface area contributed by atoms with Gasteiger partial charge in [-0.25, -0.2) is 4.99 Å². The number of methoxy groups -OCH3 is 1. The van der Waals surface area contributed by atoms with Crippen LogP contribution in [0.1, 0.15) is 38.2 Å². The van der Waals surface area contributed by atoms with E-state index in [1.54, 1.807) is 0 Å². The molecule has 3 N–H and O–H groups in total. The molecule has 2 fully saturated rings. The first-order chi connectivity index (χ1) is 10.2. The largest absolute Gasteiger partial charge is 0.381 e. The lowest BCUT2D eigenvalue weighted by Gasteiger charge is -2.59. The maximum absolute atomic E-state index is 6.09. The van der Waals surface area contributed by atoms with E-state index in [0.717, 1.165) is 18.5 Å². The van der Waals surface area contributed by atoms with Crippen LogP contribution in [0, 0.1) is 5.41 Å². The predicted octanol–water partition coefficient (Wildman–Crippen LogP) is 2.93. The quantitative estimate of drug-likeness (QED) is 0.661. The lowest BCUT2D eigenvalue weighted by Crippen LogP contribution is -2.61. The average Bonchev–Trinajstić information content (AvgIpc) is 2.41. The molecule has 0 heterocycles. The number of nitrogens with zero attached hydrogens (tertiary/aromatic N) is 1. The van der Waals surface area contributed by atoms with E-state index in [0.29, 0.717) is 18.1 Å². The highest BCUT2D eigenvalue weighted by atomic mass is 16.5. The highest BCUT2D eigenvalue weighted by Gasteiger charge is 2.58. The SMILES string of the molecule is CCc1cccc(NC(N)=NC2CC(OC)C23CCC3)c1. The standard InChI is InChI=1S/C17H25N3O/c1-3-12-6-4-7-13(10-12)19-16(18)20-14-11-15(21-2)17(14)8-5-9-17/h4,6-7,10,14-15H,3,5,8-9,11H2,1-2H3,(H3,18,19,20). The van der Waals surface area contributed by atoms with E-state index in [1.165, 1.54) is 24.8 Å². The molecule has 4 heteroatoms. The number of ether oxygens (including phenoxy) is 1. The van der Waals surface area contributed by atoms with Crippen LogP contribution in [0.25, 0.3) is 0 Å². The molecule has 0 radical (unpaired) electrons. The van der Waals surface area contributed by atoms with Gasteiger partial charge in [-0.3, -0.25) is 0 Å². The summed E-state index contributed by atoms with van der Waals surface area (Å²) in [6.07, 6.45) is 6.12. The van der Waals surface area contributed by atoms with Crippen molar-refractivity contribution in [3.8, 4) is 0 Å². The number of guanidine groups is 1. The summed E-state index contributed by atoms with van der Waals surface area (Å²) in [4.78, 5) is 4.71. The summed E-state index contributed by atoms with van der Waals surface area (Å²) in [5.41, 5.74) is 8.67. The van der Waals surface area contributed by atoms with E-state index in [1.807, 2.05) is 19.2 Å². The van der Waals surface area contributed by atoms with Crippen LogP contribution in [0.15, 0.2) is 29.3 Å². The van der Waals surface area contributed by atoms with Crippen molar-refractivity contribution in [1.29, 1.82) is 0 Å². The minimum Gasteiger partial charge on any atom is -0.381 e. The molecular formula is C17H25N3O. The maximum Gasteiger partial charge on any atom is 0.193 e. The molecule has 0 aromatic heterocycles. The summed E-state index contributed by atoms with van der Waals surface area (Å²) in [5.74, 6) is 0.522. The number of benzene rings is 1. The van der Waals surface area contributed by atoms with Crippen molar-refractivity contribution < 1.29 is 4.74 Å². The Labute approximate surface area is 126 Å². The minimum absolute atomic E-state index is 0.270. The first-order valence-electron chi connectivity index (χ1n) is 7.90. The van der Waals surface area contributed by atoms with Gasteiger partial charge in [0.15, 0.2) is 5.96 Å². The molecule has 3 rings (SSSR count). The number of aryl methyl sites for hydroxylation is 1. The first kappa shape index (κ1) is 14.4. The number of hydrogen-bond donors (Lipinski definition) is 2. The van der Waals surface area contributed by atoms with E-state index in [2.05, 4.69) is 24.4 Å². The molecule has 2 aliphatic carbocycles. The van der Waals surface area contributed by atoms with Gasteiger partial charge in [0.2, 0.25) is 0 Å². The van der Waals surface area contributed by atoms with Crippen LogP contribution in [0.3, 0.4) is 0 Å². The van der Waals surface area contributed by atoms with E-state index < -0.39 is 0 Å². The molecular weight excluding hydrogens is 262 g/mol. The van der Waals surface area contributed by atoms with Crippen molar-refractivity contribution in [3.63, 3.8) is 0 Å². The molecule has 1 aromatic carbocycles. The zero-order chi connectivity index (χ0) is 14.9. The lowest BCUT2D eigenvalue weighted by atomic mass is 9.51. The van der Waals surface area contributed by atoms with Gasteiger partial charge in [-0.15, -0.1) is 0 Å². The van der Waals surface area contributed by atoms with Crippen LogP contribution in [0.2, 0.25) is 0 Å². The molecule has 4 nitrogen and oxygen atoms in total. The molecule has 2 aliphatic rings. The van der Waals surface area contributed by atoms with Gasteiger partial charge in [-0.2, -0.15) is 0 Å². The van der Waals surface area contributed by atoms with Crippen molar-refractivity contribution in [2.75, 3.05) is 12.4 Å². The minimum atomic E-state index is 0.270. The van der Waals surface area contributed by atoms with E-state index in [4.69, 9.17) is 15.5 Å². The second-order valence-corrected chi connectivity index (χ2v) is 6.26. The van der Waals surface area contributed by atoms with Gasteiger partial charge in [0.1, 0.15) is 0 Å². The summed E-state index contributed by atoms with van der Waals surface area (Å²) in [6, 6.07) is 8.64. The first-order valence-corrected chi connectivity index (χ1v) is 7.90. The van der Waals surface area contributed by atoms with Gasteiger partial charge in [0.25, 0.3) is 0 Å². The van der Waals surface area contributed by atoms with Crippen molar-refractivity contribution in [1.82, 2.24) is 0 Å². The second kappa shape index (κ2) is 5.68. The number of anilines is 1. The van der Waals surface area contributed by atoms with Gasteiger partial charge in [-0.1, -0.05) is 25.5 Å². The third kappa shape index (κ3) is 2.53. The van der Waals surface area contributed by atoms with Gasteiger partial charge in [0.05, 0.1) is 12.1 Å². The zero-order valence-corrected chi connectivity index (χ0v) is 12.9. The Morgan fingerprint density at radius 1 is 1.48 bits per heavy atom. The summed E-state index contributed by atoms with van der Waals surface area (Å²) in [5, 5.41) is 3.22. The van der Waals surface area contributed by atoms with E-state index in [9.17, 15) is 0 Å². The molecule has 0 bridgehead atoms. The van der Waals surface area contributed by atoms with Gasteiger partial charge >= 0.3 is 0 Å². The topological polar surface area (TPSA) is 59.6 Å². The van der Waals surface area contributed by atoms with Crippen LogP contribution >= 0.6 is 0 Å². The Hall–Kier alpha value is -1.55. The summed E-state index contributed by atoms with van der Waals surface area (Å²) >= 11 is 0. The van der Waals surface area contributed by atoms with Crippen LogP contribution in [0.4, 0.5) is 5.69 Å². The monoisotopic (exact) mass is 287 g/mol. The molecule has 1 aromatic rings. The Morgan fingerprint density at radius 3 is 2.90 bits per heavy atom. The zero-order valence-electron chi connectivity index (χ0n) is 12.9. The van der Waals surface area contributed by atoms with Crippen molar-refractivity contribution in [2.24, 2.45) is 16.1 Å². The molecule has 2 atom stereocenters. The third-order valence-electron chi connectivity index (χ3n) is 5.21. The summed E-state index contributed by atoms with van der Waals surface area (Å²) in [6.45, 7) is 2.15. The van der Waals surface area contributed by atoms with Gasteiger partial charge in [-0.05, 0) is 43.4 Å². The smallest absolute Gasteiger partial charge is 0.193 e. The molecule has 114 valence electrons. The summed E-state index contributed by atoms with van der Waals surface area (Å²) < 4.78 is 5.57. The highest BCUT2D eigenvalue weighted by molar-refractivity contribution is 5.92. The molecule has 1 spiro atoms. The molecule has 2 saturated carbocycles. The molecule has 0 amide bonds. The fraction of sp³-hybridized carbons (Fsp3) is 0.588. The van der Waals surface area contributed by atoms with Crippen molar-refractivity contribution in [2.45, 2.75) is 51.2 Å². The molecule has 21 heavy (non-hydrogen) atoms. The molecule has 0 aliphatic heterocycles. The number of hydrogen-bond acceptors (Lipinski definition) is 2. The Morgan fingerprint density at radius 2 is 2.29 bits per heavy atom. The normalized spacial score (nSPS) is 27.0. The average molecular weight is 287 g/mol. The Kier molecular flexibility index (Phi) is 3.89. The summed E-state index contributed by atoms with van der Waals surface area (Å²) in [7, 11) is 1.81. The lowest BCUT2D eigenvalue weighted by molar-refractivity contribution is -0.150. The number of nitrogens with two attached hydrogens (primary N) is 1. The Bertz CT molecular complexity index is 537. The fourth-order valence-corrected chi connectivity index (χ4v) is 3.70. The molecule has 0 saturated heterocycles. The van der Waals surface area contributed by atoms with Crippen LogP contribution in [-0.2, 0) is 11.2 Å². The van der Waals surface area contributed by atoms with Crippen LogP contribution < -0.4 is 11.1 Å². The maximum atomic E-state index is 6.09. The van der Waals surface area contributed by atoms with Crippen LogP contribution in [0.5, 0.6) is 0 Å². The van der Waals surface area contributed by atoms with Crippen LogP contribution in [-0.4, -0.2) is 25.2 Å². The van der Waals surface area contributed by atoms with E-state index >= 15 is 0 Å². The third-order valence-corrected chi connectivity index (χ3v) is 5.21. The Balaban J connectivity index is 1.66.